The first-order valence-electron chi connectivity index (χ1n) is 9.21. The number of carbonyl (C=O) groups excluding carboxylic acids is 1. The molecular weight excluding hydrogens is 300 g/mol. The van der Waals surface area contributed by atoms with Gasteiger partial charge in [-0.15, -0.1) is 0 Å². The van der Waals surface area contributed by atoms with Gasteiger partial charge in [0.15, 0.2) is 0 Å². The Morgan fingerprint density at radius 2 is 1.71 bits per heavy atom. The zero-order chi connectivity index (χ0) is 17.0. The van der Waals surface area contributed by atoms with Crippen LogP contribution in [0.2, 0.25) is 0 Å². The second-order valence-corrected chi connectivity index (χ2v) is 9.63. The van der Waals surface area contributed by atoms with E-state index in [0.29, 0.717) is 17.4 Å². The Hall–Kier alpha value is -1.51. The maximum Gasteiger partial charge on any atom is 0.310 e. The first-order valence-corrected chi connectivity index (χ1v) is 9.21. The van der Waals surface area contributed by atoms with E-state index in [0.717, 1.165) is 11.5 Å². The topological polar surface area (TPSA) is 46.5 Å². The molecule has 4 bridgehead atoms. The van der Waals surface area contributed by atoms with Gasteiger partial charge < -0.3 is 9.84 Å². The molecule has 4 aliphatic rings. The van der Waals surface area contributed by atoms with Gasteiger partial charge in [-0.2, -0.15) is 0 Å². The van der Waals surface area contributed by atoms with E-state index in [1.165, 1.54) is 38.5 Å². The first-order chi connectivity index (χ1) is 11.3. The minimum absolute atomic E-state index is 0.147. The summed E-state index contributed by atoms with van der Waals surface area (Å²) in [5.74, 6) is 0.904. The Bertz CT molecular complexity index is 630. The van der Waals surface area contributed by atoms with Gasteiger partial charge in [-0.05, 0) is 73.0 Å². The van der Waals surface area contributed by atoms with Crippen molar-refractivity contribution in [3.05, 3.63) is 29.8 Å². The maximum absolute atomic E-state index is 12.3. The molecule has 4 aliphatic carbocycles. The third-order valence-corrected chi connectivity index (χ3v) is 6.57. The summed E-state index contributed by atoms with van der Waals surface area (Å²) in [6.07, 6.45) is 8.05. The molecule has 2 atom stereocenters. The van der Waals surface area contributed by atoms with E-state index in [9.17, 15) is 9.90 Å². The zero-order valence-electron chi connectivity index (χ0n) is 14.8. The lowest BCUT2D eigenvalue weighted by molar-refractivity contribution is -0.177. The second-order valence-electron chi connectivity index (χ2n) is 9.63. The zero-order valence-corrected chi connectivity index (χ0v) is 14.8. The van der Waals surface area contributed by atoms with Gasteiger partial charge >= 0.3 is 5.97 Å². The number of hydrogen-bond acceptors (Lipinski definition) is 3. The van der Waals surface area contributed by atoms with Gasteiger partial charge in [0.1, 0.15) is 5.75 Å². The van der Waals surface area contributed by atoms with E-state index in [-0.39, 0.29) is 23.6 Å². The molecule has 0 saturated heterocycles. The van der Waals surface area contributed by atoms with Crippen molar-refractivity contribution in [1.29, 1.82) is 0 Å². The highest BCUT2D eigenvalue weighted by molar-refractivity contribution is 5.72. The Balaban J connectivity index is 1.40. The van der Waals surface area contributed by atoms with Gasteiger partial charge in [-0.1, -0.05) is 26.0 Å². The van der Waals surface area contributed by atoms with Crippen molar-refractivity contribution < 1.29 is 14.6 Å². The lowest BCUT2D eigenvalue weighted by Crippen LogP contribution is -2.56. The van der Waals surface area contributed by atoms with Gasteiger partial charge in [0.2, 0.25) is 0 Å². The largest absolute Gasteiger partial charge is 0.508 e. The predicted octanol–water partition coefficient (Wildman–Crippen LogP) is 4.47. The molecule has 1 aromatic carbocycles. The van der Waals surface area contributed by atoms with Crippen LogP contribution < -0.4 is 0 Å². The smallest absolute Gasteiger partial charge is 0.310 e. The summed E-state index contributed by atoms with van der Waals surface area (Å²) in [4.78, 5) is 12.3. The molecule has 2 unspecified atom stereocenters. The van der Waals surface area contributed by atoms with Gasteiger partial charge in [0.05, 0.1) is 13.0 Å². The third kappa shape index (κ3) is 2.94. The van der Waals surface area contributed by atoms with Crippen LogP contribution in [0.5, 0.6) is 5.75 Å². The molecule has 0 spiro atoms. The Morgan fingerprint density at radius 1 is 1.08 bits per heavy atom. The molecular formula is C21H28O3. The molecule has 4 fully saturated rings. The summed E-state index contributed by atoms with van der Waals surface area (Å²) < 4.78 is 5.75. The van der Waals surface area contributed by atoms with Crippen molar-refractivity contribution in [2.24, 2.45) is 22.2 Å². The highest BCUT2D eigenvalue weighted by Gasteiger charge is 2.60. The average Bonchev–Trinajstić information content (AvgIpc) is 2.44. The molecule has 130 valence electrons. The van der Waals surface area contributed by atoms with Crippen molar-refractivity contribution in [3.63, 3.8) is 0 Å². The highest BCUT2D eigenvalue weighted by atomic mass is 16.5. The predicted molar refractivity (Wildman–Crippen MR) is 92.6 cm³/mol. The van der Waals surface area contributed by atoms with Crippen LogP contribution in [0.15, 0.2) is 24.3 Å². The van der Waals surface area contributed by atoms with E-state index in [2.05, 4.69) is 13.8 Å². The van der Waals surface area contributed by atoms with Crippen molar-refractivity contribution in [2.75, 3.05) is 6.61 Å². The van der Waals surface area contributed by atoms with Gasteiger partial charge in [-0.25, -0.2) is 0 Å². The molecule has 0 amide bonds. The highest BCUT2D eigenvalue weighted by Crippen LogP contribution is 2.69. The normalized spacial score (nSPS) is 39.8. The van der Waals surface area contributed by atoms with E-state index in [1.54, 1.807) is 24.3 Å². The van der Waals surface area contributed by atoms with Crippen LogP contribution in [0.4, 0.5) is 0 Å². The third-order valence-electron chi connectivity index (χ3n) is 6.57. The van der Waals surface area contributed by atoms with E-state index < -0.39 is 0 Å². The van der Waals surface area contributed by atoms with Gasteiger partial charge in [-0.3, -0.25) is 4.79 Å². The summed E-state index contributed by atoms with van der Waals surface area (Å²) >= 11 is 0. The molecule has 4 saturated carbocycles. The molecule has 5 rings (SSSR count). The minimum Gasteiger partial charge on any atom is -0.508 e. The number of esters is 1. The molecule has 24 heavy (non-hydrogen) atoms. The fourth-order valence-corrected chi connectivity index (χ4v) is 6.91. The number of ether oxygens (including phenoxy) is 1. The number of carbonyl (C=O) groups is 1. The van der Waals surface area contributed by atoms with Crippen LogP contribution in [-0.4, -0.2) is 17.7 Å². The molecule has 3 heteroatoms. The van der Waals surface area contributed by atoms with Gasteiger partial charge in [0, 0.05) is 5.41 Å². The number of aromatic hydroxyl groups is 1. The molecule has 1 aromatic rings. The quantitative estimate of drug-likeness (QED) is 0.829. The molecule has 0 aliphatic heterocycles. The SMILES string of the molecule is CC12CC3CC(C)(C1)CC(COC(=O)Cc1ccc(O)cc1)(C3)C2. The lowest BCUT2D eigenvalue weighted by atomic mass is 9.40. The fourth-order valence-electron chi connectivity index (χ4n) is 6.91. The first kappa shape index (κ1) is 16.0. The number of benzene rings is 1. The van der Waals surface area contributed by atoms with Crippen LogP contribution in [-0.2, 0) is 16.0 Å². The number of phenolic OH excluding ortho intramolecular Hbond substituents is 1. The average molecular weight is 328 g/mol. The second kappa shape index (κ2) is 5.24. The standard InChI is InChI=1S/C21H28O3/c1-19-8-16-9-20(2,11-19)13-21(10-16,12-19)14-24-18(23)7-15-3-5-17(22)6-4-15/h3-6,16,22H,7-14H2,1-2H3. The summed E-state index contributed by atoms with van der Waals surface area (Å²) in [5.41, 5.74) is 2.02. The number of rotatable bonds is 4. The number of hydrogen-bond donors (Lipinski definition) is 1. The van der Waals surface area contributed by atoms with Crippen LogP contribution in [0.3, 0.4) is 0 Å². The van der Waals surface area contributed by atoms with Gasteiger partial charge in [0.25, 0.3) is 0 Å². The molecule has 3 nitrogen and oxygen atoms in total. The van der Waals surface area contributed by atoms with Crippen LogP contribution >= 0.6 is 0 Å². The molecule has 0 heterocycles. The fraction of sp³-hybridized carbons (Fsp3) is 0.667. The van der Waals surface area contributed by atoms with Crippen LogP contribution in [0.1, 0.15) is 57.9 Å². The monoisotopic (exact) mass is 328 g/mol. The van der Waals surface area contributed by atoms with Crippen molar-refractivity contribution in [2.45, 2.75) is 58.8 Å². The van der Waals surface area contributed by atoms with Crippen molar-refractivity contribution >= 4 is 5.97 Å². The maximum atomic E-state index is 12.3. The van der Waals surface area contributed by atoms with E-state index >= 15 is 0 Å². The van der Waals surface area contributed by atoms with Crippen molar-refractivity contribution in [1.82, 2.24) is 0 Å². The molecule has 1 N–H and O–H groups in total. The Morgan fingerprint density at radius 3 is 2.29 bits per heavy atom. The van der Waals surface area contributed by atoms with Crippen LogP contribution in [0, 0.1) is 22.2 Å². The summed E-state index contributed by atoms with van der Waals surface area (Å²) in [7, 11) is 0. The Kier molecular flexibility index (Phi) is 3.49. The van der Waals surface area contributed by atoms with Crippen molar-refractivity contribution in [3.8, 4) is 5.75 Å². The van der Waals surface area contributed by atoms with E-state index in [4.69, 9.17) is 4.74 Å². The molecule has 0 aromatic heterocycles. The summed E-state index contributed by atoms with van der Waals surface area (Å²) in [6.45, 7) is 5.48. The van der Waals surface area contributed by atoms with Crippen LogP contribution in [0.25, 0.3) is 0 Å². The summed E-state index contributed by atoms with van der Waals surface area (Å²) in [6, 6.07) is 6.79. The Labute approximate surface area is 144 Å². The van der Waals surface area contributed by atoms with E-state index in [1.807, 2.05) is 0 Å². The lowest BCUT2D eigenvalue weighted by Gasteiger charge is -2.65. The molecule has 0 radical (unpaired) electrons. The minimum atomic E-state index is -0.147. The summed E-state index contributed by atoms with van der Waals surface area (Å²) in [5, 5.41) is 9.32. The number of phenols is 1.